The third-order valence-corrected chi connectivity index (χ3v) is 4.57. The fourth-order valence-electron chi connectivity index (χ4n) is 2.84. The van der Waals surface area contributed by atoms with E-state index in [4.69, 9.17) is 4.74 Å². The van der Waals surface area contributed by atoms with Crippen LogP contribution in [0.4, 0.5) is 0 Å². The Kier molecular flexibility index (Phi) is 7.61. The number of benzene rings is 2. The quantitative estimate of drug-likeness (QED) is 0.319. The van der Waals surface area contributed by atoms with Crippen molar-refractivity contribution in [3.8, 4) is 17.2 Å². The molecule has 0 aliphatic heterocycles. The average molecular weight is 394 g/mol. The maximum absolute atomic E-state index is 10.3. The molecule has 0 saturated carbocycles. The van der Waals surface area contributed by atoms with Crippen LogP contribution in [0.15, 0.2) is 42.5 Å². The molecule has 5 atom stereocenters. The largest absolute Gasteiger partial charge is 0.508 e. The van der Waals surface area contributed by atoms with Crippen LogP contribution in [0.1, 0.15) is 23.7 Å². The highest BCUT2D eigenvalue weighted by Crippen LogP contribution is 2.31. The second kappa shape index (κ2) is 9.72. The van der Waals surface area contributed by atoms with Gasteiger partial charge in [-0.15, -0.1) is 0 Å². The second-order valence-corrected chi connectivity index (χ2v) is 6.68. The molecule has 0 radical (unpaired) electrons. The van der Waals surface area contributed by atoms with Crippen molar-refractivity contribution in [2.45, 2.75) is 43.4 Å². The van der Waals surface area contributed by atoms with E-state index in [9.17, 15) is 35.7 Å². The van der Waals surface area contributed by atoms with E-state index in [2.05, 4.69) is 0 Å². The summed E-state index contributed by atoms with van der Waals surface area (Å²) < 4.78 is 4.94. The molecule has 8 nitrogen and oxygen atoms in total. The minimum absolute atomic E-state index is 0.0807. The number of phenols is 2. The van der Waals surface area contributed by atoms with Gasteiger partial charge in [-0.3, -0.25) is 0 Å². The van der Waals surface area contributed by atoms with E-state index >= 15 is 0 Å². The lowest BCUT2D eigenvalue weighted by Crippen LogP contribution is -2.39. The van der Waals surface area contributed by atoms with E-state index in [0.717, 1.165) is 0 Å². The summed E-state index contributed by atoms with van der Waals surface area (Å²) >= 11 is 0. The molecule has 2 aromatic carbocycles. The van der Waals surface area contributed by atoms with Gasteiger partial charge in [-0.05, 0) is 35.4 Å². The Morgan fingerprint density at radius 1 is 0.821 bits per heavy atom. The molecule has 0 aliphatic carbocycles. The number of aromatic hydroxyl groups is 2. The van der Waals surface area contributed by atoms with Crippen LogP contribution < -0.4 is 4.74 Å². The topological polar surface area (TPSA) is 151 Å². The molecule has 0 saturated heterocycles. The molecule has 8 heteroatoms. The Morgan fingerprint density at radius 2 is 1.46 bits per heavy atom. The molecule has 0 bridgehead atoms. The summed E-state index contributed by atoms with van der Waals surface area (Å²) in [5, 5.41) is 69.7. The van der Waals surface area contributed by atoms with Crippen molar-refractivity contribution in [1.82, 2.24) is 0 Å². The van der Waals surface area contributed by atoms with Gasteiger partial charge in [0.15, 0.2) is 11.5 Å². The number of aliphatic hydroxyl groups is 5. The fourth-order valence-corrected chi connectivity index (χ4v) is 2.84. The minimum atomic E-state index is -1.63. The van der Waals surface area contributed by atoms with Crippen LogP contribution >= 0.6 is 0 Å². The molecule has 0 fully saturated rings. The van der Waals surface area contributed by atoms with E-state index in [-0.39, 0.29) is 35.7 Å². The van der Waals surface area contributed by atoms with Crippen molar-refractivity contribution in [2.75, 3.05) is 7.11 Å². The van der Waals surface area contributed by atoms with Crippen molar-refractivity contribution < 1.29 is 40.5 Å². The zero-order chi connectivity index (χ0) is 20.8. The summed E-state index contributed by atoms with van der Waals surface area (Å²) in [6.07, 6.45) is -7.48. The summed E-state index contributed by atoms with van der Waals surface area (Å²) in [6.45, 7) is 0. The predicted molar refractivity (Wildman–Crippen MR) is 100 cm³/mol. The van der Waals surface area contributed by atoms with Gasteiger partial charge < -0.3 is 40.5 Å². The first kappa shape index (κ1) is 21.9. The molecule has 2 aromatic rings. The number of hydrogen-bond acceptors (Lipinski definition) is 8. The molecule has 2 rings (SSSR count). The van der Waals surface area contributed by atoms with E-state index in [1.54, 1.807) is 12.1 Å². The normalized spacial score (nSPS) is 16.8. The van der Waals surface area contributed by atoms with Gasteiger partial charge >= 0.3 is 0 Å². The Hall–Kier alpha value is -2.36. The van der Waals surface area contributed by atoms with Crippen LogP contribution in [0.5, 0.6) is 17.2 Å². The number of hydrogen-bond donors (Lipinski definition) is 7. The lowest BCUT2D eigenvalue weighted by atomic mass is 9.94. The van der Waals surface area contributed by atoms with Gasteiger partial charge in [0.25, 0.3) is 0 Å². The Bertz CT molecular complexity index is 748. The van der Waals surface area contributed by atoms with E-state index in [1.807, 2.05) is 0 Å². The lowest BCUT2D eigenvalue weighted by Gasteiger charge is -2.27. The van der Waals surface area contributed by atoms with Gasteiger partial charge in [0.05, 0.1) is 25.4 Å². The van der Waals surface area contributed by atoms with Gasteiger partial charge in [0.2, 0.25) is 0 Å². The highest BCUT2D eigenvalue weighted by atomic mass is 16.5. The molecule has 0 aliphatic rings. The minimum Gasteiger partial charge on any atom is -0.508 e. The van der Waals surface area contributed by atoms with Gasteiger partial charge in [-0.1, -0.05) is 18.2 Å². The van der Waals surface area contributed by atoms with Gasteiger partial charge in [-0.2, -0.15) is 0 Å². The van der Waals surface area contributed by atoms with Crippen molar-refractivity contribution in [3.63, 3.8) is 0 Å². The number of aliphatic hydroxyl groups excluding tert-OH is 5. The summed E-state index contributed by atoms with van der Waals surface area (Å²) in [5.74, 6) is 0.0426. The molecule has 0 spiro atoms. The van der Waals surface area contributed by atoms with Crippen molar-refractivity contribution >= 4 is 0 Å². The molecule has 0 aromatic heterocycles. The summed E-state index contributed by atoms with van der Waals surface area (Å²) in [7, 11) is 1.34. The van der Waals surface area contributed by atoms with Crippen LogP contribution in [0.2, 0.25) is 0 Å². The monoisotopic (exact) mass is 394 g/mol. The SMILES string of the molecule is COc1cc(C(O)C(O)C(O)CC(O)C(O)Cc2ccc(O)cc2)ccc1O. The Labute approximate surface area is 162 Å². The highest BCUT2D eigenvalue weighted by molar-refractivity contribution is 5.42. The van der Waals surface area contributed by atoms with E-state index in [1.165, 1.54) is 37.4 Å². The Balaban J connectivity index is 1.96. The van der Waals surface area contributed by atoms with Crippen LogP contribution in [0.3, 0.4) is 0 Å². The van der Waals surface area contributed by atoms with Crippen molar-refractivity contribution in [1.29, 1.82) is 0 Å². The van der Waals surface area contributed by atoms with Gasteiger partial charge in [0, 0.05) is 12.8 Å². The first-order valence-electron chi connectivity index (χ1n) is 8.78. The van der Waals surface area contributed by atoms with Crippen LogP contribution in [0, 0.1) is 0 Å². The van der Waals surface area contributed by atoms with Crippen LogP contribution in [-0.4, -0.2) is 67.3 Å². The zero-order valence-electron chi connectivity index (χ0n) is 15.4. The molecular formula is C20H26O8. The van der Waals surface area contributed by atoms with E-state index in [0.29, 0.717) is 5.56 Å². The summed E-state index contributed by atoms with van der Waals surface area (Å²) in [4.78, 5) is 0. The molecule has 5 unspecified atom stereocenters. The maximum Gasteiger partial charge on any atom is 0.160 e. The molecule has 0 heterocycles. The number of methoxy groups -OCH3 is 1. The standard InChI is InChI=1S/C20H26O8/c1-28-18-9-12(4-7-14(18)22)19(26)20(27)17(25)10-16(24)15(23)8-11-2-5-13(21)6-3-11/h2-7,9,15-17,19-27H,8,10H2,1H3. The summed E-state index contributed by atoms with van der Waals surface area (Å²) in [5.41, 5.74) is 0.885. The second-order valence-electron chi connectivity index (χ2n) is 6.68. The molecule has 28 heavy (non-hydrogen) atoms. The number of ether oxygens (including phenoxy) is 1. The third-order valence-electron chi connectivity index (χ3n) is 4.57. The number of rotatable bonds is 9. The molecule has 0 amide bonds. The highest BCUT2D eigenvalue weighted by Gasteiger charge is 2.30. The summed E-state index contributed by atoms with van der Waals surface area (Å²) in [6, 6.07) is 10.1. The van der Waals surface area contributed by atoms with Crippen LogP contribution in [-0.2, 0) is 6.42 Å². The Morgan fingerprint density at radius 3 is 2.07 bits per heavy atom. The lowest BCUT2D eigenvalue weighted by molar-refractivity contribution is -0.0883. The first-order valence-corrected chi connectivity index (χ1v) is 8.78. The van der Waals surface area contributed by atoms with Crippen LogP contribution in [0.25, 0.3) is 0 Å². The molecular weight excluding hydrogens is 368 g/mol. The van der Waals surface area contributed by atoms with Crippen molar-refractivity contribution in [2.24, 2.45) is 0 Å². The third kappa shape index (κ3) is 5.57. The van der Waals surface area contributed by atoms with Crippen molar-refractivity contribution in [3.05, 3.63) is 53.6 Å². The first-order chi connectivity index (χ1) is 13.2. The zero-order valence-corrected chi connectivity index (χ0v) is 15.4. The predicted octanol–water partition coefficient (Wildman–Crippen LogP) is 0.216. The number of phenolic OH excluding ortho intramolecular Hbond substituents is 2. The van der Waals surface area contributed by atoms with E-state index < -0.39 is 30.5 Å². The average Bonchev–Trinajstić information content (AvgIpc) is 2.68. The smallest absolute Gasteiger partial charge is 0.160 e. The fraction of sp³-hybridized carbons (Fsp3) is 0.400. The molecule has 7 N–H and O–H groups in total. The van der Waals surface area contributed by atoms with Gasteiger partial charge in [-0.25, -0.2) is 0 Å². The molecule has 154 valence electrons. The maximum atomic E-state index is 10.3. The van der Waals surface area contributed by atoms with Gasteiger partial charge in [0.1, 0.15) is 18.0 Å².